The highest BCUT2D eigenvalue weighted by molar-refractivity contribution is 6.28. The summed E-state index contributed by atoms with van der Waals surface area (Å²) in [4.78, 5) is 4.92. The fourth-order valence-corrected chi connectivity index (χ4v) is 6.95. The average molecular weight is 474 g/mol. The Morgan fingerprint density at radius 3 is 2.38 bits per heavy atom. The molecule has 0 unspecified atom stereocenters. The van der Waals surface area contributed by atoms with Gasteiger partial charge in [-0.25, -0.2) is 0 Å². The Morgan fingerprint density at radius 2 is 1.51 bits per heavy atom. The minimum absolute atomic E-state index is 0.280. The maximum Gasteiger partial charge on any atom is 0.0810 e. The molecular formula is C34H27BN2. The van der Waals surface area contributed by atoms with Crippen LogP contribution in [0.5, 0.6) is 0 Å². The topological polar surface area (TPSA) is 17.3 Å². The Morgan fingerprint density at radius 1 is 0.784 bits per heavy atom. The molecular weight excluding hydrogens is 447 g/mol. The third-order valence-electron chi connectivity index (χ3n) is 8.98. The van der Waals surface area contributed by atoms with Crippen molar-refractivity contribution in [3.05, 3.63) is 96.7 Å². The van der Waals surface area contributed by atoms with E-state index in [2.05, 4.69) is 96.3 Å². The van der Waals surface area contributed by atoms with E-state index in [1.165, 1.54) is 61.9 Å². The molecule has 0 N–H and O–H groups in total. The van der Waals surface area contributed by atoms with Crippen LogP contribution in [0, 0.1) is 5.92 Å². The second kappa shape index (κ2) is 7.58. The first-order valence-corrected chi connectivity index (χ1v) is 13.5. The molecule has 37 heavy (non-hydrogen) atoms. The summed E-state index contributed by atoms with van der Waals surface area (Å²) in [6.07, 6.45) is 6.46. The second-order valence-electron chi connectivity index (χ2n) is 11.2. The van der Waals surface area contributed by atoms with Gasteiger partial charge in [0.1, 0.15) is 0 Å². The fraction of sp³-hybridized carbons (Fsp3) is 0.206. The molecule has 0 atom stereocenters. The van der Waals surface area contributed by atoms with Gasteiger partial charge in [-0.15, -0.1) is 0 Å². The molecule has 1 saturated carbocycles. The number of aromatic nitrogens is 2. The molecule has 0 amide bonds. The van der Waals surface area contributed by atoms with E-state index in [1.54, 1.807) is 0 Å². The van der Waals surface area contributed by atoms with Crippen molar-refractivity contribution >= 4 is 56.7 Å². The van der Waals surface area contributed by atoms with Gasteiger partial charge in [0, 0.05) is 38.7 Å². The lowest BCUT2D eigenvalue weighted by Crippen LogP contribution is -2.31. The highest BCUT2D eigenvalue weighted by Gasteiger charge is 2.34. The molecule has 0 saturated heterocycles. The summed E-state index contributed by atoms with van der Waals surface area (Å²) in [6, 6.07) is 30.8. The van der Waals surface area contributed by atoms with Gasteiger partial charge in [-0.2, -0.15) is 0 Å². The van der Waals surface area contributed by atoms with Gasteiger partial charge in [-0.05, 0) is 34.3 Å². The average Bonchev–Trinajstić information content (AvgIpc) is 3.46. The van der Waals surface area contributed by atoms with Gasteiger partial charge in [0.15, 0.2) is 0 Å². The van der Waals surface area contributed by atoms with Crippen molar-refractivity contribution in [3.8, 4) is 11.3 Å². The van der Waals surface area contributed by atoms with Crippen LogP contribution in [0.25, 0.3) is 60.1 Å². The van der Waals surface area contributed by atoms with E-state index in [9.17, 15) is 0 Å². The predicted molar refractivity (Wildman–Crippen MR) is 157 cm³/mol. The Labute approximate surface area is 217 Å². The minimum Gasteiger partial charge on any atom is -0.307 e. The predicted octanol–water partition coefficient (Wildman–Crippen LogP) is 8.63. The molecule has 0 aliphatic heterocycles. The van der Waals surface area contributed by atoms with E-state index in [4.69, 9.17) is 12.8 Å². The zero-order valence-electron chi connectivity index (χ0n) is 21.0. The van der Waals surface area contributed by atoms with E-state index in [-0.39, 0.29) is 5.31 Å². The van der Waals surface area contributed by atoms with E-state index in [0.29, 0.717) is 0 Å². The van der Waals surface area contributed by atoms with Crippen LogP contribution in [0.1, 0.15) is 38.2 Å². The minimum atomic E-state index is -0.280. The maximum absolute atomic E-state index is 7.24. The molecule has 2 nitrogen and oxygen atoms in total. The molecule has 1 aliphatic carbocycles. The number of pyridine rings is 1. The van der Waals surface area contributed by atoms with Gasteiger partial charge in [0.05, 0.1) is 30.1 Å². The summed E-state index contributed by atoms with van der Waals surface area (Å²) in [6.45, 7) is 2.36. The van der Waals surface area contributed by atoms with Crippen LogP contribution >= 0.6 is 0 Å². The van der Waals surface area contributed by atoms with Gasteiger partial charge in [-0.3, -0.25) is 4.98 Å². The molecule has 0 bridgehead atoms. The van der Waals surface area contributed by atoms with Crippen molar-refractivity contribution < 1.29 is 0 Å². The molecule has 2 radical (unpaired) electrons. The fourth-order valence-electron chi connectivity index (χ4n) is 6.95. The van der Waals surface area contributed by atoms with Crippen molar-refractivity contribution in [2.75, 3.05) is 0 Å². The van der Waals surface area contributed by atoms with Gasteiger partial charge in [0.25, 0.3) is 0 Å². The van der Waals surface area contributed by atoms with Crippen molar-refractivity contribution in [1.82, 2.24) is 9.38 Å². The molecule has 3 aromatic heterocycles. The zero-order chi connectivity index (χ0) is 24.7. The van der Waals surface area contributed by atoms with Crippen molar-refractivity contribution in [3.63, 3.8) is 0 Å². The second-order valence-corrected chi connectivity index (χ2v) is 11.2. The van der Waals surface area contributed by atoms with Gasteiger partial charge in [0.2, 0.25) is 0 Å². The van der Waals surface area contributed by atoms with Crippen LogP contribution in [0.15, 0.2) is 91.1 Å². The number of fused-ring (bicyclic) bond motifs is 7. The maximum atomic E-state index is 7.24. The normalized spacial score (nSPS) is 20.6. The van der Waals surface area contributed by atoms with Crippen molar-refractivity contribution in [2.24, 2.45) is 5.92 Å². The number of nitrogens with zero attached hydrogens (tertiary/aromatic N) is 2. The number of benzene rings is 4. The van der Waals surface area contributed by atoms with Crippen LogP contribution in [0.3, 0.4) is 0 Å². The number of rotatable bonds is 2. The van der Waals surface area contributed by atoms with Crippen molar-refractivity contribution in [1.29, 1.82) is 0 Å². The summed E-state index contributed by atoms with van der Waals surface area (Å²) in [5.74, 6) is 0.754. The number of hydrogen-bond acceptors (Lipinski definition) is 1. The van der Waals surface area contributed by atoms with Crippen LogP contribution in [-0.4, -0.2) is 17.2 Å². The van der Waals surface area contributed by atoms with Gasteiger partial charge >= 0.3 is 0 Å². The van der Waals surface area contributed by atoms with Crippen LogP contribution < -0.4 is 0 Å². The van der Waals surface area contributed by atoms with Gasteiger partial charge in [-0.1, -0.05) is 105 Å². The molecule has 3 heteroatoms. The monoisotopic (exact) mass is 474 g/mol. The summed E-state index contributed by atoms with van der Waals surface area (Å²) in [7, 11) is 7.24. The van der Waals surface area contributed by atoms with E-state index in [1.807, 2.05) is 6.20 Å². The Hall–Kier alpha value is -3.85. The summed E-state index contributed by atoms with van der Waals surface area (Å²) >= 11 is 0. The third-order valence-corrected chi connectivity index (χ3v) is 8.98. The Balaban J connectivity index is 1.50. The molecule has 3 heterocycles. The quantitative estimate of drug-likeness (QED) is 0.229. The van der Waals surface area contributed by atoms with Crippen LogP contribution in [0.2, 0.25) is 0 Å². The Kier molecular flexibility index (Phi) is 4.36. The van der Waals surface area contributed by atoms with E-state index in [0.717, 1.165) is 35.4 Å². The first kappa shape index (κ1) is 21.3. The highest BCUT2D eigenvalue weighted by atomic mass is 14.9. The van der Waals surface area contributed by atoms with Crippen LogP contribution in [0.4, 0.5) is 0 Å². The molecule has 1 fully saturated rings. The van der Waals surface area contributed by atoms with Crippen molar-refractivity contribution in [2.45, 2.75) is 37.9 Å². The standard InChI is InChI=1S/C34H27BN2/c1-21-15-17-34(35,18-16-21)28-14-13-25-24-10-6-11-26(29-19-22-7-2-3-8-23(22)20-36-29)32(24)37-30-12-5-4-9-27(30)31(28)33(25)37/h2-14,19-21H,15-18H2,1H3. The first-order valence-electron chi connectivity index (χ1n) is 13.5. The lowest BCUT2D eigenvalue weighted by Gasteiger charge is -2.38. The smallest absolute Gasteiger partial charge is 0.0810 e. The molecule has 8 rings (SSSR count). The number of para-hydroxylation sites is 2. The van der Waals surface area contributed by atoms with Gasteiger partial charge < -0.3 is 4.40 Å². The lowest BCUT2D eigenvalue weighted by atomic mass is 9.55. The highest BCUT2D eigenvalue weighted by Crippen LogP contribution is 2.48. The summed E-state index contributed by atoms with van der Waals surface area (Å²) < 4.78 is 2.49. The number of hydrogen-bond donors (Lipinski definition) is 0. The lowest BCUT2D eigenvalue weighted by molar-refractivity contribution is 0.318. The first-order chi connectivity index (χ1) is 18.1. The Bertz CT molecular complexity index is 1970. The molecule has 4 aromatic carbocycles. The summed E-state index contributed by atoms with van der Waals surface area (Å²) in [5.41, 5.74) is 7.25. The largest absolute Gasteiger partial charge is 0.307 e. The van der Waals surface area contributed by atoms with Crippen LogP contribution in [-0.2, 0) is 5.31 Å². The summed E-state index contributed by atoms with van der Waals surface area (Å²) in [5, 5.41) is 7.28. The molecule has 0 spiro atoms. The molecule has 176 valence electrons. The van der Waals surface area contributed by atoms with E-state index >= 15 is 0 Å². The zero-order valence-corrected chi connectivity index (χ0v) is 21.0. The SMILES string of the molecule is [B]C1(c2ccc3c4cccc(-c5cc6ccccc6cn5)c4n4c5ccccc5c2c34)CCC(C)CC1. The van der Waals surface area contributed by atoms with E-state index < -0.39 is 0 Å². The third kappa shape index (κ3) is 2.91. The molecule has 7 aromatic rings. The molecule has 1 aliphatic rings.